The zero-order chi connectivity index (χ0) is 19.1. The van der Waals surface area contributed by atoms with Crippen LogP contribution in [0.3, 0.4) is 0 Å². The van der Waals surface area contributed by atoms with Gasteiger partial charge in [-0.25, -0.2) is 9.37 Å². The molecule has 27 heavy (non-hydrogen) atoms. The van der Waals surface area contributed by atoms with Gasteiger partial charge in [-0.1, -0.05) is 22.0 Å². The van der Waals surface area contributed by atoms with Gasteiger partial charge in [-0.05, 0) is 42.8 Å². The number of aryl methyl sites for hydroxylation is 1. The highest BCUT2D eigenvalue weighted by molar-refractivity contribution is 9.10. The van der Waals surface area contributed by atoms with E-state index in [4.69, 9.17) is 4.74 Å². The van der Waals surface area contributed by atoms with E-state index >= 15 is 0 Å². The molecule has 0 fully saturated rings. The van der Waals surface area contributed by atoms with Crippen molar-refractivity contribution in [2.45, 2.75) is 19.5 Å². The van der Waals surface area contributed by atoms with Gasteiger partial charge in [0.15, 0.2) is 0 Å². The monoisotopic (exact) mass is 429 g/mol. The van der Waals surface area contributed by atoms with E-state index in [2.05, 4.69) is 25.9 Å². The number of halogens is 2. The van der Waals surface area contributed by atoms with Crippen LogP contribution in [0.4, 0.5) is 4.39 Å². The number of hydrogen-bond donors (Lipinski definition) is 1. The van der Waals surface area contributed by atoms with Crippen molar-refractivity contribution in [3.8, 4) is 5.75 Å². The van der Waals surface area contributed by atoms with E-state index in [-0.39, 0.29) is 5.91 Å². The zero-order valence-electron chi connectivity index (χ0n) is 14.8. The van der Waals surface area contributed by atoms with Gasteiger partial charge in [0, 0.05) is 28.3 Å². The Bertz CT molecular complexity index is 1030. The number of aromatic amines is 1. The quantitative estimate of drug-likeness (QED) is 0.669. The SMILES string of the molecule is COc1ccc(F)cc1C(c1nc(C)c[nH]1)N1Cc2ccc(Br)cc2C1=O. The number of aromatic nitrogens is 2. The molecule has 1 aliphatic heterocycles. The molecule has 0 spiro atoms. The van der Waals surface area contributed by atoms with E-state index in [9.17, 15) is 9.18 Å². The third-order valence-electron chi connectivity index (χ3n) is 4.69. The Labute approximate surface area is 164 Å². The van der Waals surface area contributed by atoms with Crippen LogP contribution < -0.4 is 4.74 Å². The lowest BCUT2D eigenvalue weighted by Crippen LogP contribution is -2.31. The number of ether oxygens (including phenoxy) is 1. The first-order valence-corrected chi connectivity index (χ1v) is 9.22. The molecule has 1 atom stereocenters. The molecule has 7 heteroatoms. The van der Waals surface area contributed by atoms with Gasteiger partial charge in [0.2, 0.25) is 0 Å². The molecule has 0 saturated heterocycles. The van der Waals surface area contributed by atoms with E-state index in [1.165, 1.54) is 19.2 Å². The van der Waals surface area contributed by atoms with Gasteiger partial charge < -0.3 is 14.6 Å². The molecule has 1 amide bonds. The van der Waals surface area contributed by atoms with Gasteiger partial charge in [0.25, 0.3) is 5.91 Å². The average Bonchev–Trinajstić information content (AvgIpc) is 3.20. The van der Waals surface area contributed by atoms with Crippen LogP contribution in [-0.2, 0) is 6.54 Å². The van der Waals surface area contributed by atoms with Crippen molar-refractivity contribution >= 4 is 21.8 Å². The molecule has 0 aliphatic carbocycles. The van der Waals surface area contributed by atoms with Gasteiger partial charge in [-0.3, -0.25) is 4.79 Å². The Hall–Kier alpha value is -2.67. The normalized spacial score (nSPS) is 14.4. The first kappa shape index (κ1) is 17.7. The van der Waals surface area contributed by atoms with E-state index in [1.807, 2.05) is 25.1 Å². The van der Waals surface area contributed by atoms with Crippen LogP contribution in [0, 0.1) is 12.7 Å². The van der Waals surface area contributed by atoms with Gasteiger partial charge in [-0.2, -0.15) is 0 Å². The minimum absolute atomic E-state index is 0.128. The maximum Gasteiger partial charge on any atom is 0.255 e. The molecular formula is C20H17BrFN3O2. The summed E-state index contributed by atoms with van der Waals surface area (Å²) in [4.78, 5) is 22.5. The third-order valence-corrected chi connectivity index (χ3v) is 5.18. The predicted molar refractivity (Wildman–Crippen MR) is 102 cm³/mol. The average molecular weight is 430 g/mol. The number of amides is 1. The summed E-state index contributed by atoms with van der Waals surface area (Å²) in [5.74, 6) is 0.541. The fourth-order valence-corrected chi connectivity index (χ4v) is 3.82. The summed E-state index contributed by atoms with van der Waals surface area (Å²) >= 11 is 3.42. The molecule has 1 unspecified atom stereocenters. The van der Waals surface area contributed by atoms with Gasteiger partial charge in [0.1, 0.15) is 23.4 Å². The fraction of sp³-hybridized carbons (Fsp3) is 0.200. The highest BCUT2D eigenvalue weighted by atomic mass is 79.9. The van der Waals surface area contributed by atoms with Crippen molar-refractivity contribution in [1.29, 1.82) is 0 Å². The number of H-pyrrole nitrogens is 1. The molecule has 3 aromatic rings. The molecule has 1 aromatic heterocycles. The molecule has 0 radical (unpaired) electrons. The van der Waals surface area contributed by atoms with Crippen molar-refractivity contribution in [3.63, 3.8) is 0 Å². The lowest BCUT2D eigenvalue weighted by Gasteiger charge is -2.28. The lowest BCUT2D eigenvalue weighted by molar-refractivity contribution is 0.0723. The first-order chi connectivity index (χ1) is 13.0. The summed E-state index contributed by atoms with van der Waals surface area (Å²) in [7, 11) is 1.53. The second-order valence-electron chi connectivity index (χ2n) is 6.45. The van der Waals surface area contributed by atoms with Crippen molar-refractivity contribution in [2.75, 3.05) is 7.11 Å². The number of hydrogen-bond acceptors (Lipinski definition) is 3. The van der Waals surface area contributed by atoms with Crippen molar-refractivity contribution in [2.24, 2.45) is 0 Å². The molecule has 0 bridgehead atoms. The number of methoxy groups -OCH3 is 1. The van der Waals surface area contributed by atoms with E-state index in [0.29, 0.717) is 29.2 Å². The molecular weight excluding hydrogens is 413 g/mol. The van der Waals surface area contributed by atoms with E-state index in [0.717, 1.165) is 15.7 Å². The van der Waals surface area contributed by atoms with Crippen molar-refractivity contribution in [1.82, 2.24) is 14.9 Å². The van der Waals surface area contributed by atoms with E-state index in [1.54, 1.807) is 17.2 Å². The largest absolute Gasteiger partial charge is 0.496 e. The number of imidazole rings is 1. The second-order valence-corrected chi connectivity index (χ2v) is 7.37. The Morgan fingerprint density at radius 1 is 1.30 bits per heavy atom. The topological polar surface area (TPSA) is 58.2 Å². The molecule has 1 N–H and O–H groups in total. The summed E-state index contributed by atoms with van der Waals surface area (Å²) in [6.45, 7) is 2.27. The summed E-state index contributed by atoms with van der Waals surface area (Å²) in [5, 5.41) is 0. The molecule has 1 aliphatic rings. The van der Waals surface area contributed by atoms with Crippen molar-refractivity contribution in [3.05, 3.63) is 81.1 Å². The molecule has 2 heterocycles. The van der Waals surface area contributed by atoms with Crippen LogP contribution >= 0.6 is 15.9 Å². The lowest BCUT2D eigenvalue weighted by atomic mass is 10.0. The van der Waals surface area contributed by atoms with Crippen LogP contribution in [-0.4, -0.2) is 27.9 Å². The standard InChI is InChI=1S/C20H17BrFN3O2/c1-11-9-23-19(24-11)18(16-8-14(22)5-6-17(16)27-2)25-10-12-3-4-13(21)7-15(12)20(25)26/h3-9,18H,10H2,1-2H3,(H,23,24). The number of nitrogens with one attached hydrogen (secondary N) is 1. The summed E-state index contributed by atoms with van der Waals surface area (Å²) in [5.41, 5.74) is 2.89. The maximum absolute atomic E-state index is 14.1. The Morgan fingerprint density at radius 2 is 2.11 bits per heavy atom. The first-order valence-electron chi connectivity index (χ1n) is 8.42. The third kappa shape index (κ3) is 3.12. The number of rotatable bonds is 4. The van der Waals surface area contributed by atoms with Crippen LogP contribution in [0.5, 0.6) is 5.75 Å². The summed E-state index contributed by atoms with van der Waals surface area (Å²) in [6.07, 6.45) is 1.76. The molecule has 138 valence electrons. The highest BCUT2D eigenvalue weighted by Crippen LogP contribution is 2.39. The zero-order valence-corrected chi connectivity index (χ0v) is 16.4. The van der Waals surface area contributed by atoms with E-state index < -0.39 is 11.9 Å². The Kier molecular flexibility index (Phi) is 4.47. The highest BCUT2D eigenvalue weighted by Gasteiger charge is 2.37. The Morgan fingerprint density at radius 3 is 2.81 bits per heavy atom. The summed E-state index contributed by atoms with van der Waals surface area (Å²) < 4.78 is 20.4. The van der Waals surface area contributed by atoms with Gasteiger partial charge in [0.05, 0.1) is 12.8 Å². The smallest absolute Gasteiger partial charge is 0.255 e. The minimum Gasteiger partial charge on any atom is -0.496 e. The molecule has 2 aromatic carbocycles. The van der Waals surface area contributed by atoms with Crippen molar-refractivity contribution < 1.29 is 13.9 Å². The Balaban J connectivity index is 1.86. The molecule has 5 nitrogen and oxygen atoms in total. The fourth-order valence-electron chi connectivity index (χ4n) is 3.46. The number of fused-ring (bicyclic) bond motifs is 1. The predicted octanol–water partition coefficient (Wildman–Crippen LogP) is 4.37. The van der Waals surface area contributed by atoms with Gasteiger partial charge >= 0.3 is 0 Å². The number of nitrogens with zero attached hydrogens (tertiary/aromatic N) is 2. The molecule has 0 saturated carbocycles. The van der Waals surface area contributed by atoms with Crippen LogP contribution in [0.2, 0.25) is 0 Å². The van der Waals surface area contributed by atoms with Crippen LogP contribution in [0.15, 0.2) is 47.1 Å². The minimum atomic E-state index is -0.594. The number of carbonyl (C=O) groups excluding carboxylic acids is 1. The van der Waals surface area contributed by atoms with Crippen LogP contribution in [0.25, 0.3) is 0 Å². The maximum atomic E-state index is 14.1. The number of carbonyl (C=O) groups is 1. The van der Waals surface area contributed by atoms with Gasteiger partial charge in [-0.15, -0.1) is 0 Å². The summed E-state index contributed by atoms with van der Waals surface area (Å²) in [6, 6.07) is 9.35. The van der Waals surface area contributed by atoms with Crippen LogP contribution in [0.1, 0.15) is 39.0 Å². The molecule has 4 rings (SSSR count). The second kappa shape index (κ2) is 6.81. The number of benzene rings is 2.